The second-order valence-corrected chi connectivity index (χ2v) is 4.75. The molecular formula is C17H14FNO2. The maximum absolute atomic E-state index is 13.4. The fraction of sp³-hybridized carbons (Fsp3) is 0.118. The van der Waals surface area contributed by atoms with Crippen molar-refractivity contribution in [2.24, 2.45) is 0 Å². The summed E-state index contributed by atoms with van der Waals surface area (Å²) >= 11 is 0. The van der Waals surface area contributed by atoms with Gasteiger partial charge >= 0.3 is 0 Å². The molecule has 0 aliphatic heterocycles. The molecule has 106 valence electrons. The molecule has 0 saturated heterocycles. The molecule has 0 radical (unpaired) electrons. The molecule has 0 aliphatic rings. The van der Waals surface area contributed by atoms with Gasteiger partial charge in [-0.05, 0) is 30.2 Å². The number of carbonyl (C=O) groups is 1. The molecule has 0 unspecified atom stereocenters. The Hall–Kier alpha value is -2.62. The molecule has 3 nitrogen and oxygen atoms in total. The number of amides is 1. The molecule has 0 fully saturated rings. The summed E-state index contributed by atoms with van der Waals surface area (Å²) in [5, 5.41) is 3.62. The Balaban J connectivity index is 1.63. The largest absolute Gasteiger partial charge is 0.451 e. The highest BCUT2D eigenvalue weighted by Crippen LogP contribution is 2.18. The summed E-state index contributed by atoms with van der Waals surface area (Å²) in [6.45, 7) is 0.358. The SMILES string of the molecule is O=C(NCCc1ccccc1F)c1cc2ccccc2o1. The van der Waals surface area contributed by atoms with E-state index in [1.165, 1.54) is 6.07 Å². The molecule has 4 heteroatoms. The predicted octanol–water partition coefficient (Wildman–Crippen LogP) is 3.54. The highest BCUT2D eigenvalue weighted by atomic mass is 19.1. The average Bonchev–Trinajstić information content (AvgIpc) is 2.93. The normalized spacial score (nSPS) is 10.7. The molecule has 0 spiro atoms. The van der Waals surface area contributed by atoms with Crippen LogP contribution in [-0.2, 0) is 6.42 Å². The molecule has 1 heterocycles. The summed E-state index contributed by atoms with van der Waals surface area (Å²) in [6, 6.07) is 15.7. The first-order chi connectivity index (χ1) is 10.2. The van der Waals surface area contributed by atoms with Gasteiger partial charge in [-0.2, -0.15) is 0 Å². The lowest BCUT2D eigenvalue weighted by Crippen LogP contribution is -2.25. The van der Waals surface area contributed by atoms with Gasteiger partial charge in [0.25, 0.3) is 5.91 Å². The summed E-state index contributed by atoms with van der Waals surface area (Å²) in [4.78, 5) is 12.0. The molecule has 3 aromatic rings. The zero-order chi connectivity index (χ0) is 14.7. The summed E-state index contributed by atoms with van der Waals surface area (Å²) in [5.41, 5.74) is 1.26. The molecule has 0 bridgehead atoms. The fourth-order valence-electron chi connectivity index (χ4n) is 2.19. The van der Waals surface area contributed by atoms with Crippen molar-refractivity contribution in [2.45, 2.75) is 6.42 Å². The third kappa shape index (κ3) is 2.94. The van der Waals surface area contributed by atoms with Crippen LogP contribution in [-0.4, -0.2) is 12.5 Å². The Labute approximate surface area is 121 Å². The van der Waals surface area contributed by atoms with Crippen LogP contribution in [0.5, 0.6) is 0 Å². The topological polar surface area (TPSA) is 42.2 Å². The number of fused-ring (bicyclic) bond motifs is 1. The van der Waals surface area contributed by atoms with E-state index in [0.717, 1.165) is 5.39 Å². The van der Waals surface area contributed by atoms with Crippen molar-refractivity contribution in [2.75, 3.05) is 6.54 Å². The van der Waals surface area contributed by atoms with Gasteiger partial charge in [-0.15, -0.1) is 0 Å². The van der Waals surface area contributed by atoms with Gasteiger partial charge in [-0.1, -0.05) is 36.4 Å². The first kappa shape index (κ1) is 13.4. The summed E-state index contributed by atoms with van der Waals surface area (Å²) in [7, 11) is 0. The van der Waals surface area contributed by atoms with E-state index in [2.05, 4.69) is 5.32 Å². The number of furan rings is 1. The van der Waals surface area contributed by atoms with Gasteiger partial charge in [0.2, 0.25) is 0 Å². The minimum atomic E-state index is -0.289. The number of halogens is 1. The smallest absolute Gasteiger partial charge is 0.287 e. The number of hydrogen-bond donors (Lipinski definition) is 1. The summed E-state index contributed by atoms with van der Waals surface area (Å²) < 4.78 is 18.9. The Morgan fingerprint density at radius 3 is 2.67 bits per heavy atom. The van der Waals surface area contributed by atoms with Crippen LogP contribution in [0, 0.1) is 5.82 Å². The zero-order valence-corrected chi connectivity index (χ0v) is 11.3. The van der Waals surface area contributed by atoms with Gasteiger partial charge in [-0.25, -0.2) is 4.39 Å². The first-order valence-electron chi connectivity index (χ1n) is 6.74. The zero-order valence-electron chi connectivity index (χ0n) is 11.3. The lowest BCUT2D eigenvalue weighted by molar-refractivity contribution is 0.0928. The van der Waals surface area contributed by atoms with Gasteiger partial charge in [0.15, 0.2) is 5.76 Å². The number of rotatable bonds is 4. The highest BCUT2D eigenvalue weighted by molar-refractivity contribution is 5.96. The number of nitrogens with one attached hydrogen (secondary N) is 1. The minimum Gasteiger partial charge on any atom is -0.451 e. The second-order valence-electron chi connectivity index (χ2n) is 4.75. The van der Waals surface area contributed by atoms with E-state index in [0.29, 0.717) is 24.1 Å². The van der Waals surface area contributed by atoms with Crippen molar-refractivity contribution < 1.29 is 13.6 Å². The second kappa shape index (κ2) is 5.79. The first-order valence-corrected chi connectivity index (χ1v) is 6.74. The molecule has 1 amide bonds. The molecule has 0 aliphatic carbocycles. The number of benzene rings is 2. The lowest BCUT2D eigenvalue weighted by Gasteiger charge is -2.04. The van der Waals surface area contributed by atoms with Crippen LogP contribution in [0.15, 0.2) is 59.0 Å². The molecule has 0 saturated carbocycles. The third-order valence-corrected chi connectivity index (χ3v) is 3.29. The predicted molar refractivity (Wildman–Crippen MR) is 78.7 cm³/mol. The number of carbonyl (C=O) groups excluding carboxylic acids is 1. The van der Waals surface area contributed by atoms with E-state index in [-0.39, 0.29) is 17.5 Å². The molecule has 1 N–H and O–H groups in total. The van der Waals surface area contributed by atoms with E-state index < -0.39 is 0 Å². The number of hydrogen-bond acceptors (Lipinski definition) is 2. The van der Waals surface area contributed by atoms with Crippen LogP contribution in [0.3, 0.4) is 0 Å². The summed E-state index contributed by atoms with van der Waals surface area (Å²) in [5.74, 6) is -0.275. The van der Waals surface area contributed by atoms with Crippen LogP contribution in [0.1, 0.15) is 16.1 Å². The quantitative estimate of drug-likeness (QED) is 0.795. The lowest BCUT2D eigenvalue weighted by atomic mass is 10.1. The Bertz CT molecular complexity index is 746. The van der Waals surface area contributed by atoms with Crippen molar-refractivity contribution in [3.8, 4) is 0 Å². The van der Waals surface area contributed by atoms with E-state index >= 15 is 0 Å². The van der Waals surface area contributed by atoms with Crippen molar-refractivity contribution in [1.82, 2.24) is 5.32 Å². The number of para-hydroxylation sites is 1. The molecule has 2 aromatic carbocycles. The van der Waals surface area contributed by atoms with Crippen LogP contribution < -0.4 is 5.32 Å². The van der Waals surface area contributed by atoms with Gasteiger partial charge < -0.3 is 9.73 Å². The maximum atomic E-state index is 13.4. The van der Waals surface area contributed by atoms with Crippen LogP contribution >= 0.6 is 0 Å². The van der Waals surface area contributed by atoms with Gasteiger partial charge in [0.1, 0.15) is 11.4 Å². The van der Waals surface area contributed by atoms with Crippen molar-refractivity contribution in [3.05, 3.63) is 71.7 Å². The Morgan fingerprint density at radius 1 is 1.10 bits per heavy atom. The molecular weight excluding hydrogens is 269 g/mol. The van der Waals surface area contributed by atoms with Crippen molar-refractivity contribution in [3.63, 3.8) is 0 Å². The Morgan fingerprint density at radius 2 is 1.86 bits per heavy atom. The maximum Gasteiger partial charge on any atom is 0.287 e. The van der Waals surface area contributed by atoms with Gasteiger partial charge in [0, 0.05) is 11.9 Å². The van der Waals surface area contributed by atoms with Crippen molar-refractivity contribution >= 4 is 16.9 Å². The van der Waals surface area contributed by atoms with E-state index in [1.54, 1.807) is 24.3 Å². The van der Waals surface area contributed by atoms with Crippen molar-refractivity contribution in [1.29, 1.82) is 0 Å². The van der Waals surface area contributed by atoms with Crippen LogP contribution in [0.25, 0.3) is 11.0 Å². The van der Waals surface area contributed by atoms with Gasteiger partial charge in [0.05, 0.1) is 0 Å². The summed E-state index contributed by atoms with van der Waals surface area (Å²) in [6.07, 6.45) is 0.443. The third-order valence-electron chi connectivity index (χ3n) is 3.29. The van der Waals surface area contributed by atoms with Crippen LogP contribution in [0.4, 0.5) is 4.39 Å². The molecule has 0 atom stereocenters. The van der Waals surface area contributed by atoms with E-state index in [9.17, 15) is 9.18 Å². The molecule has 1 aromatic heterocycles. The van der Waals surface area contributed by atoms with Gasteiger partial charge in [-0.3, -0.25) is 4.79 Å². The highest BCUT2D eigenvalue weighted by Gasteiger charge is 2.11. The standard InChI is InChI=1S/C17H14FNO2/c18-14-7-3-1-5-12(14)9-10-19-17(20)16-11-13-6-2-4-8-15(13)21-16/h1-8,11H,9-10H2,(H,19,20). The van der Waals surface area contributed by atoms with E-state index in [1.807, 2.05) is 24.3 Å². The van der Waals surface area contributed by atoms with Crippen LogP contribution in [0.2, 0.25) is 0 Å². The fourth-order valence-corrected chi connectivity index (χ4v) is 2.19. The average molecular weight is 283 g/mol. The van der Waals surface area contributed by atoms with E-state index in [4.69, 9.17) is 4.42 Å². The Kier molecular flexibility index (Phi) is 3.69. The molecule has 3 rings (SSSR count). The monoisotopic (exact) mass is 283 g/mol. The minimum absolute atomic E-state index is 0.254. The molecule has 21 heavy (non-hydrogen) atoms.